The van der Waals surface area contributed by atoms with E-state index in [1.807, 2.05) is 30.3 Å². The molecule has 1 aliphatic heterocycles. The van der Waals surface area contributed by atoms with Crippen LogP contribution in [-0.4, -0.2) is 25.8 Å². The van der Waals surface area contributed by atoms with Gasteiger partial charge in [-0.1, -0.05) is 24.3 Å². The van der Waals surface area contributed by atoms with Gasteiger partial charge in [0.2, 0.25) is 0 Å². The van der Waals surface area contributed by atoms with Crippen molar-refractivity contribution in [2.45, 2.75) is 13.1 Å². The summed E-state index contributed by atoms with van der Waals surface area (Å²) in [5.41, 5.74) is 3.22. The van der Waals surface area contributed by atoms with Crippen molar-refractivity contribution >= 4 is 16.8 Å². The molecule has 0 bridgehead atoms. The number of aromatic nitrogens is 3. The van der Waals surface area contributed by atoms with Crippen LogP contribution in [0, 0.1) is 0 Å². The summed E-state index contributed by atoms with van der Waals surface area (Å²) < 4.78 is 0. The molecule has 0 fully saturated rings. The van der Waals surface area contributed by atoms with Crippen molar-refractivity contribution in [3.63, 3.8) is 0 Å². The summed E-state index contributed by atoms with van der Waals surface area (Å²) in [4.78, 5) is 27.0. The Kier molecular flexibility index (Phi) is 2.64. The second kappa shape index (κ2) is 4.63. The lowest BCUT2D eigenvalue weighted by molar-refractivity contribution is 0.0745. The lowest BCUT2D eigenvalue weighted by atomic mass is 10.2. The zero-order valence-electron chi connectivity index (χ0n) is 11.2. The lowest BCUT2D eigenvalue weighted by Crippen LogP contribution is -2.26. The van der Waals surface area contributed by atoms with E-state index in [0.29, 0.717) is 18.8 Å². The summed E-state index contributed by atoms with van der Waals surface area (Å²) in [5, 5.41) is 1.03. The van der Waals surface area contributed by atoms with Gasteiger partial charge in [0.1, 0.15) is 12.0 Å². The van der Waals surface area contributed by atoms with Crippen LogP contribution in [0.4, 0.5) is 0 Å². The summed E-state index contributed by atoms with van der Waals surface area (Å²) in [6, 6.07) is 11.5. The second-order valence-corrected chi connectivity index (χ2v) is 5.05. The number of nitrogens with zero attached hydrogens (tertiary/aromatic N) is 4. The number of rotatable bonds is 1. The van der Waals surface area contributed by atoms with E-state index in [-0.39, 0.29) is 5.91 Å². The van der Waals surface area contributed by atoms with Crippen LogP contribution in [-0.2, 0) is 13.1 Å². The molecule has 3 aromatic rings. The van der Waals surface area contributed by atoms with Crippen molar-refractivity contribution in [3.05, 3.63) is 65.9 Å². The molecule has 3 heterocycles. The number of amides is 1. The predicted octanol–water partition coefficient (Wildman–Crippen LogP) is 2.18. The zero-order chi connectivity index (χ0) is 14.2. The number of para-hydroxylation sites is 1. The molecule has 5 heteroatoms. The van der Waals surface area contributed by atoms with E-state index < -0.39 is 0 Å². The van der Waals surface area contributed by atoms with Crippen LogP contribution in [0.15, 0.2) is 48.9 Å². The van der Waals surface area contributed by atoms with Gasteiger partial charge < -0.3 is 4.90 Å². The Hall–Kier alpha value is -2.82. The number of benzene rings is 1. The molecule has 21 heavy (non-hydrogen) atoms. The third kappa shape index (κ3) is 2.03. The minimum Gasteiger partial charge on any atom is -0.327 e. The average Bonchev–Trinajstić information content (AvgIpc) is 2.97. The highest BCUT2D eigenvalue weighted by molar-refractivity contribution is 5.95. The first-order valence-electron chi connectivity index (χ1n) is 6.74. The SMILES string of the molecule is O=C(c1ccc2ccccc2n1)N1Cc2cncnc2C1. The maximum absolute atomic E-state index is 12.6. The monoisotopic (exact) mass is 276 g/mol. The highest BCUT2D eigenvalue weighted by Gasteiger charge is 2.26. The fraction of sp³-hybridized carbons (Fsp3) is 0.125. The Morgan fingerprint density at radius 3 is 2.90 bits per heavy atom. The number of carbonyl (C=O) groups excluding carboxylic acids is 1. The summed E-state index contributed by atoms with van der Waals surface area (Å²) in [5.74, 6) is -0.0706. The van der Waals surface area contributed by atoms with E-state index in [4.69, 9.17) is 0 Å². The molecule has 0 radical (unpaired) electrons. The van der Waals surface area contributed by atoms with Gasteiger partial charge in [-0.15, -0.1) is 0 Å². The molecule has 2 aromatic heterocycles. The largest absolute Gasteiger partial charge is 0.327 e. The molecule has 0 unspecified atom stereocenters. The van der Waals surface area contributed by atoms with E-state index in [1.165, 1.54) is 6.33 Å². The fourth-order valence-electron chi connectivity index (χ4n) is 2.59. The topological polar surface area (TPSA) is 59.0 Å². The van der Waals surface area contributed by atoms with Crippen LogP contribution >= 0.6 is 0 Å². The summed E-state index contributed by atoms with van der Waals surface area (Å²) in [7, 11) is 0. The number of hydrogen-bond acceptors (Lipinski definition) is 4. The molecule has 4 rings (SSSR count). The second-order valence-electron chi connectivity index (χ2n) is 5.05. The van der Waals surface area contributed by atoms with Crippen molar-refractivity contribution in [2.24, 2.45) is 0 Å². The number of carbonyl (C=O) groups is 1. The van der Waals surface area contributed by atoms with E-state index in [0.717, 1.165) is 22.2 Å². The highest BCUT2D eigenvalue weighted by atomic mass is 16.2. The van der Waals surface area contributed by atoms with Gasteiger partial charge in [-0.05, 0) is 12.1 Å². The fourth-order valence-corrected chi connectivity index (χ4v) is 2.59. The number of hydrogen-bond donors (Lipinski definition) is 0. The van der Waals surface area contributed by atoms with Gasteiger partial charge >= 0.3 is 0 Å². The summed E-state index contributed by atoms with van der Waals surface area (Å²) in [6.07, 6.45) is 3.28. The molecule has 0 spiro atoms. The maximum Gasteiger partial charge on any atom is 0.273 e. The van der Waals surface area contributed by atoms with Crippen LogP contribution < -0.4 is 0 Å². The Labute approximate surface area is 121 Å². The number of fused-ring (bicyclic) bond motifs is 2. The van der Waals surface area contributed by atoms with Crippen molar-refractivity contribution in [2.75, 3.05) is 0 Å². The molecule has 0 N–H and O–H groups in total. The van der Waals surface area contributed by atoms with Crippen LogP contribution in [0.25, 0.3) is 10.9 Å². The maximum atomic E-state index is 12.6. The van der Waals surface area contributed by atoms with Crippen molar-refractivity contribution < 1.29 is 4.79 Å². The van der Waals surface area contributed by atoms with Gasteiger partial charge in [0, 0.05) is 23.7 Å². The van der Waals surface area contributed by atoms with Crippen molar-refractivity contribution in [1.29, 1.82) is 0 Å². The van der Waals surface area contributed by atoms with Crippen LogP contribution in [0.5, 0.6) is 0 Å². The van der Waals surface area contributed by atoms with Gasteiger partial charge in [0.05, 0.1) is 17.8 Å². The summed E-state index contributed by atoms with van der Waals surface area (Å²) >= 11 is 0. The molecule has 0 saturated carbocycles. The minimum atomic E-state index is -0.0706. The molecule has 1 amide bonds. The van der Waals surface area contributed by atoms with Crippen molar-refractivity contribution in [1.82, 2.24) is 19.9 Å². The Morgan fingerprint density at radius 2 is 2.00 bits per heavy atom. The van der Waals surface area contributed by atoms with Gasteiger partial charge in [-0.3, -0.25) is 4.79 Å². The normalized spacial score (nSPS) is 13.4. The molecule has 1 aliphatic rings. The van der Waals surface area contributed by atoms with Crippen LogP contribution in [0.2, 0.25) is 0 Å². The quantitative estimate of drug-likeness (QED) is 0.683. The van der Waals surface area contributed by atoms with E-state index in [2.05, 4.69) is 15.0 Å². The third-order valence-electron chi connectivity index (χ3n) is 3.69. The van der Waals surface area contributed by atoms with E-state index in [1.54, 1.807) is 17.2 Å². The van der Waals surface area contributed by atoms with Gasteiger partial charge in [-0.25, -0.2) is 15.0 Å². The standard InChI is InChI=1S/C16H12N4O/c21-16(20-8-12-7-17-10-18-15(12)9-20)14-6-5-11-3-1-2-4-13(11)19-14/h1-7,10H,8-9H2. The minimum absolute atomic E-state index is 0.0706. The average molecular weight is 276 g/mol. The van der Waals surface area contributed by atoms with Gasteiger partial charge in [-0.2, -0.15) is 0 Å². The van der Waals surface area contributed by atoms with E-state index in [9.17, 15) is 4.79 Å². The molecule has 1 aromatic carbocycles. The van der Waals surface area contributed by atoms with Crippen LogP contribution in [0.3, 0.4) is 0 Å². The molecule has 0 aliphatic carbocycles. The number of pyridine rings is 1. The highest BCUT2D eigenvalue weighted by Crippen LogP contribution is 2.22. The van der Waals surface area contributed by atoms with Gasteiger partial charge in [0.25, 0.3) is 5.91 Å². The van der Waals surface area contributed by atoms with E-state index >= 15 is 0 Å². The first-order valence-corrected chi connectivity index (χ1v) is 6.74. The Balaban J connectivity index is 1.65. The predicted molar refractivity (Wildman–Crippen MR) is 77.4 cm³/mol. The first kappa shape index (κ1) is 12.0. The molecule has 5 nitrogen and oxygen atoms in total. The van der Waals surface area contributed by atoms with Gasteiger partial charge in [0.15, 0.2) is 0 Å². The molecule has 0 atom stereocenters. The Bertz CT molecular complexity index is 821. The summed E-state index contributed by atoms with van der Waals surface area (Å²) in [6.45, 7) is 1.06. The smallest absolute Gasteiger partial charge is 0.273 e. The molecular formula is C16H12N4O. The Morgan fingerprint density at radius 1 is 1.10 bits per heavy atom. The molecule has 0 saturated heterocycles. The first-order chi connectivity index (χ1) is 10.3. The third-order valence-corrected chi connectivity index (χ3v) is 3.69. The van der Waals surface area contributed by atoms with Crippen molar-refractivity contribution in [3.8, 4) is 0 Å². The molecule has 102 valence electrons. The van der Waals surface area contributed by atoms with Crippen LogP contribution in [0.1, 0.15) is 21.7 Å². The zero-order valence-corrected chi connectivity index (χ0v) is 11.2. The lowest BCUT2D eigenvalue weighted by Gasteiger charge is -2.14. The molecular weight excluding hydrogens is 264 g/mol.